The monoisotopic (exact) mass is 321 g/mol. The molecule has 0 aliphatic heterocycles. The van der Waals surface area contributed by atoms with Gasteiger partial charge in [0.1, 0.15) is 6.61 Å². The van der Waals surface area contributed by atoms with Crippen molar-refractivity contribution in [2.24, 2.45) is 0 Å². The summed E-state index contributed by atoms with van der Waals surface area (Å²) in [6.45, 7) is 3.96. The second-order valence-corrected chi connectivity index (χ2v) is 5.71. The number of benzene rings is 2. The maximum absolute atomic E-state index is 12.2. The molecule has 0 N–H and O–H groups in total. The van der Waals surface area contributed by atoms with Crippen molar-refractivity contribution in [3.8, 4) is 6.07 Å². The number of hydrogen-bond acceptors (Lipinski definition) is 4. The third-order valence-electron chi connectivity index (χ3n) is 3.73. The van der Waals surface area contributed by atoms with Gasteiger partial charge in [-0.05, 0) is 43.2 Å². The molecule has 0 bridgehead atoms. The number of ketones is 1. The van der Waals surface area contributed by atoms with E-state index in [1.54, 1.807) is 24.3 Å². The van der Waals surface area contributed by atoms with Gasteiger partial charge in [0.2, 0.25) is 0 Å². The van der Waals surface area contributed by atoms with Gasteiger partial charge in [-0.3, -0.25) is 9.59 Å². The molecule has 0 atom stereocenters. The van der Waals surface area contributed by atoms with E-state index in [4.69, 9.17) is 10.00 Å². The quantitative estimate of drug-likeness (QED) is 0.598. The minimum absolute atomic E-state index is 0.0495. The van der Waals surface area contributed by atoms with Crippen molar-refractivity contribution in [2.75, 3.05) is 0 Å². The Labute approximate surface area is 141 Å². The maximum atomic E-state index is 12.2. The van der Waals surface area contributed by atoms with Crippen LogP contribution in [0.15, 0.2) is 42.5 Å². The first-order chi connectivity index (χ1) is 11.5. The van der Waals surface area contributed by atoms with E-state index in [0.29, 0.717) is 11.1 Å². The number of nitrogens with zero attached hydrogens (tertiary/aromatic N) is 1. The van der Waals surface area contributed by atoms with Crippen LogP contribution < -0.4 is 0 Å². The zero-order valence-electron chi connectivity index (χ0n) is 13.8. The Morgan fingerprint density at radius 2 is 1.75 bits per heavy atom. The summed E-state index contributed by atoms with van der Waals surface area (Å²) >= 11 is 0. The van der Waals surface area contributed by atoms with E-state index in [1.165, 1.54) is 0 Å². The standard InChI is InChI=1S/C20H19NO3/c1-14-3-4-15(2)18(11-14)19(22)9-10-20(23)24-13-17-7-5-16(12-21)6-8-17/h3-8,11H,9-10,13H2,1-2H3. The van der Waals surface area contributed by atoms with Gasteiger partial charge in [-0.25, -0.2) is 0 Å². The lowest BCUT2D eigenvalue weighted by molar-refractivity contribution is -0.144. The molecule has 2 aromatic rings. The van der Waals surface area contributed by atoms with Crippen LogP contribution in [-0.2, 0) is 16.1 Å². The molecule has 0 spiro atoms. The number of Topliss-reactive ketones (excluding diaryl/α,β-unsaturated/α-hetero) is 1. The number of rotatable bonds is 6. The molecule has 0 heterocycles. The van der Waals surface area contributed by atoms with E-state index in [0.717, 1.165) is 16.7 Å². The Morgan fingerprint density at radius 1 is 1.04 bits per heavy atom. The molecule has 2 rings (SSSR count). The third-order valence-corrected chi connectivity index (χ3v) is 3.73. The van der Waals surface area contributed by atoms with Gasteiger partial charge < -0.3 is 4.74 Å². The van der Waals surface area contributed by atoms with E-state index in [9.17, 15) is 9.59 Å². The van der Waals surface area contributed by atoms with Crippen LogP contribution in [-0.4, -0.2) is 11.8 Å². The Morgan fingerprint density at radius 3 is 2.42 bits per heavy atom. The summed E-state index contributed by atoms with van der Waals surface area (Å²) < 4.78 is 5.17. The lowest BCUT2D eigenvalue weighted by atomic mass is 9.99. The number of aryl methyl sites for hydroxylation is 2. The Balaban J connectivity index is 1.83. The van der Waals surface area contributed by atoms with Crippen molar-refractivity contribution in [2.45, 2.75) is 33.3 Å². The minimum Gasteiger partial charge on any atom is -0.461 e. The molecule has 4 heteroatoms. The van der Waals surface area contributed by atoms with Crippen molar-refractivity contribution >= 4 is 11.8 Å². The van der Waals surface area contributed by atoms with Crippen LogP contribution in [0.3, 0.4) is 0 Å². The Kier molecular flexibility index (Phi) is 5.86. The van der Waals surface area contributed by atoms with Crippen LogP contribution in [0.25, 0.3) is 0 Å². The number of esters is 1. The van der Waals surface area contributed by atoms with E-state index in [2.05, 4.69) is 0 Å². The molecule has 0 aliphatic rings. The summed E-state index contributed by atoms with van der Waals surface area (Å²) in [7, 11) is 0. The van der Waals surface area contributed by atoms with Crippen molar-refractivity contribution in [3.63, 3.8) is 0 Å². The van der Waals surface area contributed by atoms with E-state index in [1.807, 2.05) is 38.1 Å². The lowest BCUT2D eigenvalue weighted by Crippen LogP contribution is -2.09. The molecule has 0 fully saturated rings. The van der Waals surface area contributed by atoms with Crippen LogP contribution in [0.1, 0.15) is 45.5 Å². The molecule has 0 aliphatic carbocycles. The van der Waals surface area contributed by atoms with Gasteiger partial charge >= 0.3 is 5.97 Å². The first kappa shape index (κ1) is 17.4. The highest BCUT2D eigenvalue weighted by Crippen LogP contribution is 2.14. The predicted molar refractivity (Wildman–Crippen MR) is 90.4 cm³/mol. The summed E-state index contributed by atoms with van der Waals surface area (Å²) in [4.78, 5) is 24.0. The SMILES string of the molecule is Cc1ccc(C)c(C(=O)CCC(=O)OCc2ccc(C#N)cc2)c1. The van der Waals surface area contributed by atoms with E-state index in [-0.39, 0.29) is 25.2 Å². The summed E-state index contributed by atoms with van der Waals surface area (Å²) in [5, 5.41) is 8.73. The zero-order chi connectivity index (χ0) is 17.5. The highest BCUT2D eigenvalue weighted by Gasteiger charge is 2.12. The lowest BCUT2D eigenvalue weighted by Gasteiger charge is -2.07. The van der Waals surface area contributed by atoms with Crippen molar-refractivity contribution < 1.29 is 14.3 Å². The molecular formula is C20H19NO3. The second kappa shape index (κ2) is 8.07. The second-order valence-electron chi connectivity index (χ2n) is 5.71. The van der Waals surface area contributed by atoms with Crippen molar-refractivity contribution in [1.29, 1.82) is 5.26 Å². The first-order valence-electron chi connectivity index (χ1n) is 7.74. The highest BCUT2D eigenvalue weighted by molar-refractivity contribution is 5.98. The summed E-state index contributed by atoms with van der Waals surface area (Å²) in [5.41, 5.74) is 3.96. The van der Waals surface area contributed by atoms with Crippen LogP contribution in [0.4, 0.5) is 0 Å². The molecule has 0 radical (unpaired) electrons. The smallest absolute Gasteiger partial charge is 0.306 e. The van der Waals surface area contributed by atoms with Crippen LogP contribution in [0.5, 0.6) is 0 Å². The fourth-order valence-corrected chi connectivity index (χ4v) is 2.30. The predicted octanol–water partition coefficient (Wildman–Crippen LogP) is 3.88. The fraction of sp³-hybridized carbons (Fsp3) is 0.250. The fourth-order valence-electron chi connectivity index (χ4n) is 2.30. The number of ether oxygens (including phenoxy) is 1. The van der Waals surface area contributed by atoms with Crippen molar-refractivity contribution in [1.82, 2.24) is 0 Å². The number of nitriles is 1. The van der Waals surface area contributed by atoms with Crippen LogP contribution >= 0.6 is 0 Å². The number of carbonyl (C=O) groups excluding carboxylic acids is 2. The van der Waals surface area contributed by atoms with Crippen LogP contribution in [0, 0.1) is 25.2 Å². The largest absolute Gasteiger partial charge is 0.461 e. The van der Waals surface area contributed by atoms with E-state index < -0.39 is 5.97 Å². The van der Waals surface area contributed by atoms with Gasteiger partial charge in [0.05, 0.1) is 18.1 Å². The zero-order valence-corrected chi connectivity index (χ0v) is 13.8. The average molecular weight is 321 g/mol. The maximum Gasteiger partial charge on any atom is 0.306 e. The molecule has 0 saturated carbocycles. The first-order valence-corrected chi connectivity index (χ1v) is 7.74. The van der Waals surface area contributed by atoms with Gasteiger partial charge in [0, 0.05) is 12.0 Å². The molecule has 0 aromatic heterocycles. The van der Waals surface area contributed by atoms with Gasteiger partial charge in [0.25, 0.3) is 0 Å². The minimum atomic E-state index is -0.405. The number of carbonyl (C=O) groups is 2. The van der Waals surface area contributed by atoms with Crippen molar-refractivity contribution in [3.05, 3.63) is 70.3 Å². The van der Waals surface area contributed by atoms with Gasteiger partial charge in [-0.15, -0.1) is 0 Å². The molecular weight excluding hydrogens is 302 g/mol. The summed E-state index contributed by atoms with van der Waals surface area (Å²) in [5.74, 6) is -0.454. The Bertz CT molecular complexity index is 786. The topological polar surface area (TPSA) is 67.2 Å². The van der Waals surface area contributed by atoms with E-state index >= 15 is 0 Å². The third kappa shape index (κ3) is 4.79. The number of hydrogen-bond donors (Lipinski definition) is 0. The summed E-state index contributed by atoms with van der Waals surface area (Å²) in [6.07, 6.45) is 0.193. The highest BCUT2D eigenvalue weighted by atomic mass is 16.5. The summed E-state index contributed by atoms with van der Waals surface area (Å²) in [6, 6.07) is 14.6. The molecule has 2 aromatic carbocycles. The van der Waals surface area contributed by atoms with Gasteiger partial charge in [-0.1, -0.05) is 29.8 Å². The van der Waals surface area contributed by atoms with Gasteiger partial charge in [0.15, 0.2) is 5.78 Å². The van der Waals surface area contributed by atoms with Gasteiger partial charge in [-0.2, -0.15) is 5.26 Å². The molecule has 0 saturated heterocycles. The average Bonchev–Trinajstić information content (AvgIpc) is 2.60. The molecule has 24 heavy (non-hydrogen) atoms. The molecule has 0 amide bonds. The molecule has 122 valence electrons. The molecule has 0 unspecified atom stereocenters. The van der Waals surface area contributed by atoms with Crippen LogP contribution in [0.2, 0.25) is 0 Å². The Hall–Kier alpha value is -2.93. The normalized spacial score (nSPS) is 10.0. The molecule has 4 nitrogen and oxygen atoms in total.